The predicted molar refractivity (Wildman–Crippen MR) is 58.2 cm³/mol. The number of hydrogen-bond donors (Lipinski definition) is 2. The lowest BCUT2D eigenvalue weighted by molar-refractivity contribution is 0.265. The normalized spacial score (nSPS) is 17.6. The van der Waals surface area contributed by atoms with E-state index in [0.717, 1.165) is 18.5 Å². The van der Waals surface area contributed by atoms with Crippen LogP contribution in [-0.2, 0) is 0 Å². The van der Waals surface area contributed by atoms with E-state index >= 15 is 0 Å². The van der Waals surface area contributed by atoms with Gasteiger partial charge >= 0.3 is 0 Å². The summed E-state index contributed by atoms with van der Waals surface area (Å²) in [6.07, 6.45) is 6.60. The van der Waals surface area contributed by atoms with Gasteiger partial charge in [0.05, 0.1) is 17.4 Å². The van der Waals surface area contributed by atoms with E-state index in [2.05, 4.69) is 16.4 Å². The SMILES string of the molecule is N#Cc1ccncc1NCC1(N)CCC1. The first kappa shape index (κ1) is 9.94. The standard InChI is InChI=1S/C11H14N4/c12-6-9-2-5-14-7-10(9)15-8-11(13)3-1-4-11/h2,5,7,15H,1,3-4,8,13H2. The van der Waals surface area contributed by atoms with Gasteiger partial charge in [0.15, 0.2) is 0 Å². The summed E-state index contributed by atoms with van der Waals surface area (Å²) in [4.78, 5) is 3.98. The van der Waals surface area contributed by atoms with Gasteiger partial charge < -0.3 is 11.1 Å². The first-order valence-corrected chi connectivity index (χ1v) is 5.10. The van der Waals surface area contributed by atoms with Crippen molar-refractivity contribution in [1.82, 2.24) is 4.98 Å². The fourth-order valence-electron chi connectivity index (χ4n) is 1.71. The van der Waals surface area contributed by atoms with Gasteiger partial charge in [-0.2, -0.15) is 5.26 Å². The summed E-state index contributed by atoms with van der Waals surface area (Å²) in [5.74, 6) is 0. The third-order valence-electron chi connectivity index (χ3n) is 2.92. The molecule has 0 spiro atoms. The van der Waals surface area contributed by atoms with Crippen LogP contribution in [0.15, 0.2) is 18.5 Å². The fraction of sp³-hybridized carbons (Fsp3) is 0.455. The van der Waals surface area contributed by atoms with Crippen LogP contribution in [0.2, 0.25) is 0 Å². The highest BCUT2D eigenvalue weighted by Gasteiger charge is 2.32. The smallest absolute Gasteiger partial charge is 0.101 e. The maximum atomic E-state index is 8.87. The van der Waals surface area contributed by atoms with Crippen LogP contribution in [0.3, 0.4) is 0 Å². The van der Waals surface area contributed by atoms with Gasteiger partial charge in [-0.3, -0.25) is 4.98 Å². The Hall–Kier alpha value is -1.60. The van der Waals surface area contributed by atoms with E-state index in [0.29, 0.717) is 12.1 Å². The molecule has 0 unspecified atom stereocenters. The van der Waals surface area contributed by atoms with Gasteiger partial charge in [0, 0.05) is 18.3 Å². The van der Waals surface area contributed by atoms with Crippen LogP contribution in [0, 0.1) is 11.3 Å². The Kier molecular flexibility index (Phi) is 2.57. The average molecular weight is 202 g/mol. The zero-order chi connectivity index (χ0) is 10.7. The largest absolute Gasteiger partial charge is 0.381 e. The lowest BCUT2D eigenvalue weighted by Gasteiger charge is -2.38. The van der Waals surface area contributed by atoms with Crippen molar-refractivity contribution in [3.63, 3.8) is 0 Å². The zero-order valence-electron chi connectivity index (χ0n) is 8.53. The first-order valence-electron chi connectivity index (χ1n) is 5.10. The van der Waals surface area contributed by atoms with Crippen LogP contribution < -0.4 is 11.1 Å². The maximum Gasteiger partial charge on any atom is 0.101 e. The Bertz CT molecular complexity index is 390. The number of nitriles is 1. The molecule has 0 atom stereocenters. The summed E-state index contributed by atoms with van der Waals surface area (Å²) in [5, 5.41) is 12.1. The highest BCUT2D eigenvalue weighted by atomic mass is 15.0. The predicted octanol–water partition coefficient (Wildman–Crippen LogP) is 1.25. The highest BCUT2D eigenvalue weighted by molar-refractivity contribution is 5.55. The molecule has 1 aliphatic carbocycles. The molecule has 0 amide bonds. The lowest BCUT2D eigenvalue weighted by Crippen LogP contribution is -2.52. The zero-order valence-corrected chi connectivity index (χ0v) is 8.53. The van der Waals surface area contributed by atoms with Gasteiger partial charge in [0.25, 0.3) is 0 Å². The average Bonchev–Trinajstić information content (AvgIpc) is 2.24. The number of pyridine rings is 1. The van der Waals surface area contributed by atoms with Gasteiger partial charge in [0.2, 0.25) is 0 Å². The Labute approximate surface area is 89.1 Å². The molecule has 1 aromatic heterocycles. The van der Waals surface area contributed by atoms with Crippen molar-refractivity contribution in [3.8, 4) is 6.07 Å². The van der Waals surface area contributed by atoms with Crippen molar-refractivity contribution in [2.45, 2.75) is 24.8 Å². The summed E-state index contributed by atoms with van der Waals surface area (Å²) < 4.78 is 0. The summed E-state index contributed by atoms with van der Waals surface area (Å²) in [7, 11) is 0. The van der Waals surface area contributed by atoms with Crippen LogP contribution in [0.5, 0.6) is 0 Å². The molecule has 15 heavy (non-hydrogen) atoms. The third-order valence-corrected chi connectivity index (χ3v) is 2.92. The molecule has 1 fully saturated rings. The lowest BCUT2D eigenvalue weighted by atomic mass is 9.78. The molecule has 4 nitrogen and oxygen atoms in total. The molecule has 0 radical (unpaired) electrons. The van der Waals surface area contributed by atoms with Crippen LogP contribution in [0.25, 0.3) is 0 Å². The van der Waals surface area contributed by atoms with Crippen LogP contribution >= 0.6 is 0 Å². The fourth-order valence-corrected chi connectivity index (χ4v) is 1.71. The van der Waals surface area contributed by atoms with Gasteiger partial charge in [-0.25, -0.2) is 0 Å². The monoisotopic (exact) mass is 202 g/mol. The Morgan fingerprint density at radius 2 is 2.40 bits per heavy atom. The van der Waals surface area contributed by atoms with Gasteiger partial charge in [-0.05, 0) is 25.3 Å². The molecular formula is C11H14N4. The van der Waals surface area contributed by atoms with Gasteiger partial charge in [0.1, 0.15) is 6.07 Å². The molecule has 0 aromatic carbocycles. The third kappa shape index (κ3) is 2.08. The molecule has 1 aliphatic rings. The molecule has 78 valence electrons. The molecule has 4 heteroatoms. The topological polar surface area (TPSA) is 74.7 Å². The molecule has 2 rings (SSSR count). The summed E-state index contributed by atoms with van der Waals surface area (Å²) in [5.41, 5.74) is 7.39. The summed E-state index contributed by atoms with van der Waals surface area (Å²) in [6.45, 7) is 0.716. The quantitative estimate of drug-likeness (QED) is 0.773. The number of anilines is 1. The minimum atomic E-state index is -0.0808. The van der Waals surface area contributed by atoms with Crippen molar-refractivity contribution in [2.24, 2.45) is 5.73 Å². The molecule has 1 saturated carbocycles. The second-order valence-corrected chi connectivity index (χ2v) is 4.10. The van der Waals surface area contributed by atoms with Crippen LogP contribution in [0.1, 0.15) is 24.8 Å². The first-order chi connectivity index (χ1) is 7.23. The van der Waals surface area contributed by atoms with Gasteiger partial charge in [-0.1, -0.05) is 0 Å². The number of rotatable bonds is 3. The van der Waals surface area contributed by atoms with Crippen molar-refractivity contribution in [2.75, 3.05) is 11.9 Å². The Morgan fingerprint density at radius 1 is 1.60 bits per heavy atom. The van der Waals surface area contributed by atoms with E-state index in [1.807, 2.05) is 0 Å². The van der Waals surface area contributed by atoms with E-state index in [1.165, 1.54) is 6.42 Å². The minimum Gasteiger partial charge on any atom is -0.381 e. The molecule has 0 aliphatic heterocycles. The van der Waals surface area contributed by atoms with Crippen LogP contribution in [-0.4, -0.2) is 17.1 Å². The second kappa shape index (κ2) is 3.87. The summed E-state index contributed by atoms with van der Waals surface area (Å²) in [6, 6.07) is 3.83. The maximum absolute atomic E-state index is 8.87. The number of aromatic nitrogens is 1. The molecule has 0 bridgehead atoms. The van der Waals surface area contributed by atoms with Crippen molar-refractivity contribution < 1.29 is 0 Å². The molecular weight excluding hydrogens is 188 g/mol. The van der Waals surface area contributed by atoms with E-state index in [-0.39, 0.29) is 5.54 Å². The van der Waals surface area contributed by atoms with Crippen molar-refractivity contribution >= 4 is 5.69 Å². The second-order valence-electron chi connectivity index (χ2n) is 4.10. The van der Waals surface area contributed by atoms with E-state index in [1.54, 1.807) is 18.5 Å². The van der Waals surface area contributed by atoms with E-state index < -0.39 is 0 Å². The minimum absolute atomic E-state index is 0.0808. The number of nitrogens with one attached hydrogen (secondary N) is 1. The molecule has 1 aromatic rings. The molecule has 3 N–H and O–H groups in total. The highest BCUT2D eigenvalue weighted by Crippen LogP contribution is 2.29. The van der Waals surface area contributed by atoms with E-state index in [4.69, 9.17) is 11.0 Å². The number of hydrogen-bond acceptors (Lipinski definition) is 4. The van der Waals surface area contributed by atoms with Crippen molar-refractivity contribution in [3.05, 3.63) is 24.0 Å². The van der Waals surface area contributed by atoms with Crippen molar-refractivity contribution in [1.29, 1.82) is 5.26 Å². The molecule has 0 saturated heterocycles. The van der Waals surface area contributed by atoms with Crippen LogP contribution in [0.4, 0.5) is 5.69 Å². The Morgan fingerprint density at radius 3 is 3.00 bits per heavy atom. The Balaban J connectivity index is 2.02. The van der Waals surface area contributed by atoms with Gasteiger partial charge in [-0.15, -0.1) is 0 Å². The van der Waals surface area contributed by atoms with E-state index in [9.17, 15) is 0 Å². The molecule has 1 heterocycles. The number of nitrogens with zero attached hydrogens (tertiary/aromatic N) is 2. The number of nitrogens with two attached hydrogens (primary N) is 1. The summed E-state index contributed by atoms with van der Waals surface area (Å²) >= 11 is 0.